The maximum absolute atomic E-state index is 14.6. The molecule has 6 rings (SSSR count). The van der Waals surface area contributed by atoms with E-state index < -0.39 is 0 Å². The van der Waals surface area contributed by atoms with Crippen LogP contribution in [0.15, 0.2) is 42.5 Å². The molecule has 1 aromatic heterocycles. The minimum absolute atomic E-state index is 0. The van der Waals surface area contributed by atoms with Crippen molar-refractivity contribution in [2.75, 3.05) is 39.8 Å². The van der Waals surface area contributed by atoms with Crippen molar-refractivity contribution in [3.63, 3.8) is 0 Å². The normalized spacial score (nSPS) is 32.7. The third-order valence-corrected chi connectivity index (χ3v) is 10.1. The Kier molecular flexibility index (Phi) is 9.69. The molecule has 0 saturated carbocycles. The smallest absolute Gasteiger partial charge is 0.232 e. The van der Waals surface area contributed by atoms with E-state index >= 15 is 0 Å². The summed E-state index contributed by atoms with van der Waals surface area (Å²) in [6, 6.07) is 15.5. The van der Waals surface area contributed by atoms with Gasteiger partial charge in [-0.25, -0.2) is 4.98 Å². The number of fused-ring (bicyclic) bond motifs is 2. The van der Waals surface area contributed by atoms with Crippen LogP contribution in [0.3, 0.4) is 0 Å². The van der Waals surface area contributed by atoms with Crippen LogP contribution in [-0.2, 0) is 16.6 Å². The van der Waals surface area contributed by atoms with E-state index in [-0.39, 0.29) is 36.1 Å². The number of hydrogen-bond acceptors (Lipinski definition) is 2. The molecule has 208 valence electrons. The molecule has 3 saturated heterocycles. The Morgan fingerprint density at radius 3 is 2.74 bits per heavy atom. The number of amides is 1. The summed E-state index contributed by atoms with van der Waals surface area (Å²) in [6.07, 6.45) is 7.84. The number of aryl methyl sites for hydroxylation is 1. The molecule has 1 spiro atoms. The van der Waals surface area contributed by atoms with Crippen molar-refractivity contribution in [3.05, 3.63) is 64.4 Å². The van der Waals surface area contributed by atoms with Gasteiger partial charge in [-0.3, -0.25) is 4.79 Å². The highest BCUT2D eigenvalue weighted by Gasteiger charge is 2.55. The zero-order valence-corrected chi connectivity index (χ0v) is 24.6. The Morgan fingerprint density at radius 2 is 1.95 bits per heavy atom. The Labute approximate surface area is 244 Å². The lowest BCUT2D eigenvalue weighted by atomic mass is 9.65. The molecule has 4 heterocycles. The predicted octanol–water partition coefficient (Wildman–Crippen LogP) is -3.79. The van der Waals surface area contributed by atoms with Gasteiger partial charge in [-0.2, -0.15) is 0 Å². The average molecular weight is 580 g/mol. The van der Waals surface area contributed by atoms with Crippen LogP contribution in [0.25, 0.3) is 0 Å². The number of hydrogen-bond donors (Lipinski definition) is 2. The maximum Gasteiger partial charge on any atom is 0.232 e. The number of nitrogens with two attached hydrogens (primary N) is 1. The van der Waals surface area contributed by atoms with E-state index in [4.69, 9.17) is 16.6 Å². The van der Waals surface area contributed by atoms with E-state index in [9.17, 15) is 4.79 Å². The van der Waals surface area contributed by atoms with Gasteiger partial charge in [-0.15, -0.1) is 0 Å². The van der Waals surface area contributed by atoms with Crippen molar-refractivity contribution in [1.29, 1.82) is 0 Å². The van der Waals surface area contributed by atoms with E-state index in [0.717, 1.165) is 57.4 Å². The Balaban J connectivity index is 0.00000168. The standard InChI is InChI=1S/C30H39ClN4O.2ClH/c1-34-15-6-9-23(19-34)27-17-22(21-7-3-2-4-8-21)13-16-35(27)29(36)25-18-32-20-30(25)14-5-10-26-24(30)11-12-28(31)33-26;;/h2-4,7-8,11-12,22-23,25,27,32H,5-6,9-10,13-20H2,1H3;2*1H/t22-,23?,25+,27+,30+;;/m1../s1. The van der Waals surface area contributed by atoms with Gasteiger partial charge in [0.1, 0.15) is 11.1 Å². The summed E-state index contributed by atoms with van der Waals surface area (Å²) in [5, 5.41) is 2.96. The van der Waals surface area contributed by atoms with E-state index in [1.165, 1.54) is 37.1 Å². The fourth-order valence-corrected chi connectivity index (χ4v) is 8.37. The first kappa shape index (κ1) is 29.6. The van der Waals surface area contributed by atoms with Gasteiger partial charge < -0.3 is 39.9 Å². The molecule has 3 aliphatic heterocycles. The summed E-state index contributed by atoms with van der Waals surface area (Å²) in [5.41, 5.74) is 3.76. The molecule has 0 radical (unpaired) electrons. The van der Waals surface area contributed by atoms with Crippen LogP contribution in [0, 0.1) is 11.8 Å². The van der Waals surface area contributed by atoms with E-state index in [1.54, 1.807) is 4.90 Å². The van der Waals surface area contributed by atoms with E-state index in [0.29, 0.717) is 28.9 Å². The van der Waals surface area contributed by atoms with Crippen LogP contribution in [0.4, 0.5) is 0 Å². The van der Waals surface area contributed by atoms with Gasteiger partial charge in [0.15, 0.2) is 0 Å². The molecule has 2 unspecified atom stereocenters. The molecule has 2 aromatic rings. The first-order valence-corrected chi connectivity index (χ1v) is 14.6. The highest BCUT2D eigenvalue weighted by molar-refractivity contribution is 6.29. The lowest BCUT2D eigenvalue weighted by molar-refractivity contribution is -0.889. The largest absolute Gasteiger partial charge is 1.00 e. The predicted molar refractivity (Wildman–Crippen MR) is 142 cm³/mol. The summed E-state index contributed by atoms with van der Waals surface area (Å²) in [7, 11) is 2.33. The quantitative estimate of drug-likeness (QED) is 0.367. The molecule has 6 atom stereocenters. The fourth-order valence-electron chi connectivity index (χ4n) is 8.20. The number of nitrogens with zero attached hydrogens (tertiary/aromatic N) is 2. The van der Waals surface area contributed by atoms with Gasteiger partial charge in [0.25, 0.3) is 0 Å². The molecule has 38 heavy (non-hydrogen) atoms. The van der Waals surface area contributed by atoms with Crippen LogP contribution in [0.2, 0.25) is 5.15 Å². The summed E-state index contributed by atoms with van der Waals surface area (Å²) in [6.45, 7) is 5.20. The van der Waals surface area contributed by atoms with Crippen molar-refractivity contribution < 1.29 is 39.8 Å². The molecule has 8 heteroatoms. The molecule has 3 N–H and O–H groups in total. The number of rotatable bonds is 3. The van der Waals surface area contributed by atoms with Gasteiger partial charge in [-0.1, -0.05) is 48.0 Å². The van der Waals surface area contributed by atoms with E-state index in [1.807, 2.05) is 6.07 Å². The van der Waals surface area contributed by atoms with Gasteiger partial charge in [-0.05, 0) is 68.1 Å². The lowest BCUT2D eigenvalue weighted by Crippen LogP contribution is -3.11. The number of aromatic nitrogens is 1. The minimum Gasteiger partial charge on any atom is -1.00 e. The molecular formula is C30H41Cl3N4O. The number of piperidine rings is 2. The third-order valence-electron chi connectivity index (χ3n) is 9.92. The molecule has 1 aromatic carbocycles. The van der Waals surface area contributed by atoms with Crippen molar-refractivity contribution in [1.82, 2.24) is 9.88 Å². The molecule has 1 aliphatic carbocycles. The summed E-state index contributed by atoms with van der Waals surface area (Å²) < 4.78 is 0. The Hall–Kier alpha value is -1.37. The van der Waals surface area contributed by atoms with E-state index in [2.05, 4.69) is 53.7 Å². The maximum atomic E-state index is 14.6. The second-order valence-electron chi connectivity index (χ2n) is 12.0. The van der Waals surface area contributed by atoms with Gasteiger partial charge in [0.2, 0.25) is 5.91 Å². The molecule has 0 bridgehead atoms. The number of likely N-dealkylation sites (tertiary alicyclic amines) is 2. The molecule has 5 nitrogen and oxygen atoms in total. The van der Waals surface area contributed by atoms with Crippen molar-refractivity contribution >= 4 is 17.5 Å². The summed E-state index contributed by atoms with van der Waals surface area (Å²) in [5.74, 6) is 1.58. The second-order valence-corrected chi connectivity index (χ2v) is 12.4. The Morgan fingerprint density at radius 1 is 1.13 bits per heavy atom. The second kappa shape index (κ2) is 12.4. The van der Waals surface area contributed by atoms with Crippen LogP contribution in [0.5, 0.6) is 0 Å². The topological polar surface area (TPSA) is 54.2 Å². The third kappa shape index (κ3) is 5.47. The van der Waals surface area contributed by atoms with Crippen molar-refractivity contribution in [2.45, 2.75) is 62.3 Å². The van der Waals surface area contributed by atoms with Crippen LogP contribution >= 0.6 is 11.6 Å². The first-order chi connectivity index (χ1) is 17.5. The summed E-state index contributed by atoms with van der Waals surface area (Å²) in [4.78, 5) is 23.3. The number of halogens is 3. The number of benzene rings is 1. The SMILES string of the molecule is C[NH+]1CCCC([C@@H]2C[C@H](c3ccccc3)CCN2C(=O)[C@@H]2C[NH2+]C[C@]23CCCc2nc(Cl)ccc23)C1.[Cl-].[Cl-]. The van der Waals surface area contributed by atoms with Crippen LogP contribution in [-0.4, -0.2) is 61.6 Å². The monoisotopic (exact) mass is 578 g/mol. The zero-order valence-electron chi connectivity index (χ0n) is 22.4. The highest BCUT2D eigenvalue weighted by atomic mass is 35.5. The lowest BCUT2D eigenvalue weighted by Gasteiger charge is -2.47. The van der Waals surface area contributed by atoms with Gasteiger partial charge >= 0.3 is 0 Å². The van der Waals surface area contributed by atoms with Gasteiger partial charge in [0.05, 0.1) is 38.6 Å². The minimum atomic E-state index is -0.0995. The number of carbonyl (C=O) groups excluding carboxylic acids is 1. The number of pyridine rings is 1. The highest BCUT2D eigenvalue weighted by Crippen LogP contribution is 2.45. The zero-order chi connectivity index (χ0) is 24.7. The Bertz CT molecular complexity index is 1100. The average Bonchev–Trinajstić information content (AvgIpc) is 3.32. The summed E-state index contributed by atoms with van der Waals surface area (Å²) >= 11 is 6.28. The van der Waals surface area contributed by atoms with Gasteiger partial charge in [0, 0.05) is 24.2 Å². The molecular weight excluding hydrogens is 539 g/mol. The molecule has 3 fully saturated rings. The first-order valence-electron chi connectivity index (χ1n) is 14.2. The van der Waals surface area contributed by atoms with Crippen molar-refractivity contribution in [3.8, 4) is 0 Å². The van der Waals surface area contributed by atoms with Crippen molar-refractivity contribution in [2.24, 2.45) is 11.8 Å². The van der Waals surface area contributed by atoms with Crippen LogP contribution in [0.1, 0.15) is 61.3 Å². The number of nitrogens with one attached hydrogen (secondary N) is 1. The fraction of sp³-hybridized carbons (Fsp3) is 0.600. The van der Waals surface area contributed by atoms with Crippen LogP contribution < -0.4 is 35.0 Å². The molecule has 1 amide bonds. The number of quaternary nitrogens is 2. The number of carbonyl (C=O) groups is 1. The molecule has 4 aliphatic rings.